The molecule has 25 heavy (non-hydrogen) atoms. The van der Waals surface area contributed by atoms with Crippen LogP contribution in [0.1, 0.15) is 49.3 Å². The number of aromatic hydroxyl groups is 1. The number of phenolic OH excluding ortho intramolecular Hbond substituents is 1. The zero-order valence-corrected chi connectivity index (χ0v) is 14.7. The summed E-state index contributed by atoms with van der Waals surface area (Å²) >= 11 is 0. The van der Waals surface area contributed by atoms with Crippen LogP contribution in [0.4, 0.5) is 0 Å². The van der Waals surface area contributed by atoms with Crippen molar-refractivity contribution in [3.05, 3.63) is 77.9 Å². The van der Waals surface area contributed by atoms with Crippen LogP contribution in [0.25, 0.3) is 10.8 Å². The molecule has 3 atom stereocenters. The van der Waals surface area contributed by atoms with Crippen molar-refractivity contribution in [3.8, 4) is 5.75 Å². The topological polar surface area (TPSA) is 32.3 Å². The molecular weight excluding hydrogens is 306 g/mol. The van der Waals surface area contributed by atoms with E-state index < -0.39 is 0 Å². The molecule has 0 spiro atoms. The lowest BCUT2D eigenvalue weighted by Crippen LogP contribution is -2.29. The Morgan fingerprint density at radius 2 is 1.76 bits per heavy atom. The molecule has 0 aliphatic heterocycles. The fourth-order valence-corrected chi connectivity index (χ4v) is 4.29. The SMILES string of the molecule is C[C@@H](N[C@H]1CC[C@@H](c2cccc(O)c2)C1)c1cccc2ccccc12. The van der Waals surface area contributed by atoms with Gasteiger partial charge in [-0.1, -0.05) is 54.6 Å². The summed E-state index contributed by atoms with van der Waals surface area (Å²) in [5, 5.41) is 16.2. The molecule has 2 nitrogen and oxygen atoms in total. The van der Waals surface area contributed by atoms with Crippen LogP contribution in [0, 0.1) is 0 Å². The van der Waals surface area contributed by atoms with Crippen molar-refractivity contribution < 1.29 is 5.11 Å². The standard InChI is InChI=1S/C23H25NO/c1-16(22-11-5-7-17-6-2-3-10-23(17)22)24-20-13-12-19(14-20)18-8-4-9-21(25)15-18/h2-11,15-16,19-20,24-25H,12-14H2,1H3/t16-,19-,20+/m1/s1. The lowest BCUT2D eigenvalue weighted by Gasteiger charge is -2.21. The van der Waals surface area contributed by atoms with Crippen molar-refractivity contribution in [3.63, 3.8) is 0 Å². The fraction of sp³-hybridized carbons (Fsp3) is 0.304. The molecule has 0 saturated heterocycles. The van der Waals surface area contributed by atoms with E-state index in [1.165, 1.54) is 34.7 Å². The monoisotopic (exact) mass is 331 g/mol. The molecule has 0 heterocycles. The summed E-state index contributed by atoms with van der Waals surface area (Å²) in [6.45, 7) is 2.27. The van der Waals surface area contributed by atoms with Crippen LogP contribution in [-0.4, -0.2) is 11.1 Å². The highest BCUT2D eigenvalue weighted by Crippen LogP contribution is 2.36. The molecule has 1 fully saturated rings. The summed E-state index contributed by atoms with van der Waals surface area (Å²) in [5.74, 6) is 0.919. The van der Waals surface area contributed by atoms with Gasteiger partial charge in [0.05, 0.1) is 0 Å². The zero-order valence-electron chi connectivity index (χ0n) is 14.7. The number of phenols is 1. The molecule has 128 valence electrons. The third kappa shape index (κ3) is 3.40. The highest BCUT2D eigenvalue weighted by molar-refractivity contribution is 5.86. The quantitative estimate of drug-likeness (QED) is 0.658. The van der Waals surface area contributed by atoms with Gasteiger partial charge in [0.1, 0.15) is 5.75 Å². The maximum absolute atomic E-state index is 9.72. The van der Waals surface area contributed by atoms with Crippen molar-refractivity contribution in [2.75, 3.05) is 0 Å². The van der Waals surface area contributed by atoms with Crippen LogP contribution in [-0.2, 0) is 0 Å². The average Bonchev–Trinajstić information content (AvgIpc) is 3.10. The number of hydrogen-bond donors (Lipinski definition) is 2. The Hall–Kier alpha value is -2.32. The van der Waals surface area contributed by atoms with Gasteiger partial charge in [-0.2, -0.15) is 0 Å². The van der Waals surface area contributed by atoms with Crippen LogP contribution in [0.3, 0.4) is 0 Å². The van der Waals surface area contributed by atoms with Crippen LogP contribution in [0.2, 0.25) is 0 Å². The second-order valence-corrected chi connectivity index (χ2v) is 7.26. The van der Waals surface area contributed by atoms with Crippen molar-refractivity contribution >= 4 is 10.8 Å². The molecule has 0 unspecified atom stereocenters. The number of fused-ring (bicyclic) bond motifs is 1. The minimum absolute atomic E-state index is 0.332. The van der Waals surface area contributed by atoms with E-state index in [-0.39, 0.29) is 0 Å². The second kappa shape index (κ2) is 6.89. The van der Waals surface area contributed by atoms with E-state index in [4.69, 9.17) is 0 Å². The summed E-state index contributed by atoms with van der Waals surface area (Å²) in [5.41, 5.74) is 2.64. The lowest BCUT2D eigenvalue weighted by molar-refractivity contribution is 0.457. The third-order valence-corrected chi connectivity index (χ3v) is 5.55. The molecule has 0 aromatic heterocycles. The first-order chi connectivity index (χ1) is 12.2. The van der Waals surface area contributed by atoms with Gasteiger partial charge in [-0.05, 0) is 66.1 Å². The summed E-state index contributed by atoms with van der Waals surface area (Å²) < 4.78 is 0. The Balaban J connectivity index is 1.47. The molecule has 1 saturated carbocycles. The van der Waals surface area contributed by atoms with E-state index in [1.54, 1.807) is 6.07 Å². The molecule has 4 rings (SSSR count). The maximum atomic E-state index is 9.72. The van der Waals surface area contributed by atoms with E-state index in [2.05, 4.69) is 60.8 Å². The Morgan fingerprint density at radius 1 is 0.960 bits per heavy atom. The highest BCUT2D eigenvalue weighted by Gasteiger charge is 2.27. The van der Waals surface area contributed by atoms with Gasteiger partial charge in [0.25, 0.3) is 0 Å². The fourth-order valence-electron chi connectivity index (χ4n) is 4.29. The van der Waals surface area contributed by atoms with Crippen molar-refractivity contribution in [2.24, 2.45) is 0 Å². The van der Waals surface area contributed by atoms with Gasteiger partial charge in [-0.25, -0.2) is 0 Å². The normalized spacial score (nSPS) is 21.5. The smallest absolute Gasteiger partial charge is 0.115 e. The van der Waals surface area contributed by atoms with Gasteiger partial charge in [-0.15, -0.1) is 0 Å². The maximum Gasteiger partial charge on any atom is 0.115 e. The number of nitrogens with one attached hydrogen (secondary N) is 1. The van der Waals surface area contributed by atoms with Crippen molar-refractivity contribution in [1.29, 1.82) is 0 Å². The first-order valence-corrected chi connectivity index (χ1v) is 9.23. The van der Waals surface area contributed by atoms with Gasteiger partial charge < -0.3 is 10.4 Å². The van der Waals surface area contributed by atoms with Gasteiger partial charge >= 0.3 is 0 Å². The van der Waals surface area contributed by atoms with E-state index in [0.29, 0.717) is 23.8 Å². The van der Waals surface area contributed by atoms with Crippen molar-refractivity contribution in [2.45, 2.75) is 44.2 Å². The Bertz CT molecular complexity index is 867. The Labute approximate surface area is 149 Å². The van der Waals surface area contributed by atoms with Crippen LogP contribution in [0.15, 0.2) is 66.7 Å². The summed E-state index contributed by atoms with van der Waals surface area (Å²) in [4.78, 5) is 0. The minimum atomic E-state index is 0.332. The Kier molecular flexibility index (Phi) is 4.46. The minimum Gasteiger partial charge on any atom is -0.508 e. The van der Waals surface area contributed by atoms with Crippen LogP contribution < -0.4 is 5.32 Å². The molecule has 1 aliphatic carbocycles. The predicted octanol–water partition coefficient (Wildman–Crippen LogP) is 5.53. The lowest BCUT2D eigenvalue weighted by atomic mass is 9.96. The number of rotatable bonds is 4. The molecule has 1 aliphatic rings. The Morgan fingerprint density at radius 3 is 2.64 bits per heavy atom. The molecule has 0 amide bonds. The van der Waals surface area contributed by atoms with E-state index in [9.17, 15) is 5.11 Å². The summed E-state index contributed by atoms with van der Waals surface area (Å²) in [6, 6.07) is 23.8. The molecule has 3 aromatic carbocycles. The molecular formula is C23H25NO. The first-order valence-electron chi connectivity index (χ1n) is 9.23. The molecule has 0 radical (unpaired) electrons. The van der Waals surface area contributed by atoms with E-state index in [0.717, 1.165) is 6.42 Å². The van der Waals surface area contributed by atoms with Gasteiger partial charge in [-0.3, -0.25) is 0 Å². The number of benzene rings is 3. The van der Waals surface area contributed by atoms with Gasteiger partial charge in [0.15, 0.2) is 0 Å². The first kappa shape index (κ1) is 16.2. The summed E-state index contributed by atoms with van der Waals surface area (Å²) in [6.07, 6.45) is 3.51. The van der Waals surface area contributed by atoms with Crippen molar-refractivity contribution in [1.82, 2.24) is 5.32 Å². The zero-order chi connectivity index (χ0) is 17.2. The highest BCUT2D eigenvalue weighted by atomic mass is 16.3. The summed E-state index contributed by atoms with van der Waals surface area (Å²) in [7, 11) is 0. The average molecular weight is 331 g/mol. The van der Waals surface area contributed by atoms with Gasteiger partial charge in [0.2, 0.25) is 0 Å². The second-order valence-electron chi connectivity index (χ2n) is 7.26. The third-order valence-electron chi connectivity index (χ3n) is 5.55. The van der Waals surface area contributed by atoms with Gasteiger partial charge in [0, 0.05) is 12.1 Å². The number of hydrogen-bond acceptors (Lipinski definition) is 2. The van der Waals surface area contributed by atoms with E-state index >= 15 is 0 Å². The molecule has 3 aromatic rings. The molecule has 2 N–H and O–H groups in total. The molecule has 0 bridgehead atoms. The van der Waals surface area contributed by atoms with Crippen LogP contribution in [0.5, 0.6) is 5.75 Å². The van der Waals surface area contributed by atoms with Crippen LogP contribution >= 0.6 is 0 Å². The van der Waals surface area contributed by atoms with E-state index in [1.807, 2.05) is 12.1 Å². The largest absolute Gasteiger partial charge is 0.508 e. The predicted molar refractivity (Wildman–Crippen MR) is 104 cm³/mol. The molecule has 2 heteroatoms.